The molecule has 1 heterocycles. The Morgan fingerprint density at radius 2 is 1.50 bits per heavy atom. The van der Waals surface area contributed by atoms with Gasteiger partial charge in [0.15, 0.2) is 29.1 Å². The molecule has 1 aliphatic heterocycles. The van der Waals surface area contributed by atoms with Gasteiger partial charge in [-0.1, -0.05) is 0 Å². The first-order valence-electron chi connectivity index (χ1n) is 7.01. The van der Waals surface area contributed by atoms with E-state index in [1.165, 1.54) is 41.2 Å². The fourth-order valence-electron chi connectivity index (χ4n) is 2.78. The summed E-state index contributed by atoms with van der Waals surface area (Å²) in [6.45, 7) is 2.36. The highest BCUT2D eigenvalue weighted by Gasteiger charge is 2.46. The summed E-state index contributed by atoms with van der Waals surface area (Å²) < 4.78 is 15.6. The molecule has 0 fully saturated rings. The van der Waals surface area contributed by atoms with Gasteiger partial charge < -0.3 is 14.2 Å². The number of ketones is 3. The standard InChI is InChI=1S/C16H17NO7/c1-7(18)12(8(2)19)17-9-6-10(22-3)14(23-4)15(24-5)11(9)13(20)16(17)21/h6,12H,1-5H3. The molecule has 0 unspecified atom stereocenters. The molecule has 0 saturated carbocycles. The number of hydrogen-bond acceptors (Lipinski definition) is 7. The van der Waals surface area contributed by atoms with Crippen LogP contribution in [-0.2, 0) is 14.4 Å². The monoisotopic (exact) mass is 335 g/mol. The van der Waals surface area contributed by atoms with Gasteiger partial charge in [0.05, 0.1) is 32.6 Å². The Balaban J connectivity index is 2.81. The molecule has 0 atom stereocenters. The topological polar surface area (TPSA) is 99.2 Å². The minimum atomic E-state index is -1.38. The van der Waals surface area contributed by atoms with Crippen molar-refractivity contribution in [3.05, 3.63) is 11.6 Å². The number of nitrogens with zero attached hydrogens (tertiary/aromatic N) is 1. The second-order valence-corrected chi connectivity index (χ2v) is 5.17. The number of rotatable bonds is 6. The third-order valence-electron chi connectivity index (χ3n) is 3.74. The van der Waals surface area contributed by atoms with Crippen LogP contribution in [0.15, 0.2) is 6.07 Å². The van der Waals surface area contributed by atoms with Crippen molar-refractivity contribution in [1.29, 1.82) is 0 Å². The van der Waals surface area contributed by atoms with Crippen molar-refractivity contribution in [2.45, 2.75) is 19.9 Å². The second-order valence-electron chi connectivity index (χ2n) is 5.17. The fourth-order valence-corrected chi connectivity index (χ4v) is 2.78. The number of Topliss-reactive ketones (excluding diaryl/α,β-unsaturated/α-hetero) is 3. The fraction of sp³-hybridized carbons (Fsp3) is 0.375. The molecule has 128 valence electrons. The van der Waals surface area contributed by atoms with Gasteiger partial charge in [-0.3, -0.25) is 24.1 Å². The number of benzene rings is 1. The van der Waals surface area contributed by atoms with E-state index in [9.17, 15) is 19.2 Å². The molecule has 0 aromatic heterocycles. The van der Waals surface area contributed by atoms with Crippen LogP contribution in [0.4, 0.5) is 5.69 Å². The van der Waals surface area contributed by atoms with Gasteiger partial charge in [0.25, 0.3) is 5.78 Å². The molecule has 1 aliphatic rings. The quantitative estimate of drug-likeness (QED) is 0.560. The first-order valence-corrected chi connectivity index (χ1v) is 7.01. The molecule has 1 aromatic rings. The normalized spacial score (nSPS) is 13.2. The molecule has 0 bridgehead atoms. The van der Waals surface area contributed by atoms with E-state index in [4.69, 9.17) is 14.2 Å². The first kappa shape index (κ1) is 17.5. The Hall–Kier alpha value is -2.90. The van der Waals surface area contributed by atoms with E-state index in [1.807, 2.05) is 0 Å². The van der Waals surface area contributed by atoms with Gasteiger partial charge in [-0.15, -0.1) is 0 Å². The number of carbonyl (C=O) groups excluding carboxylic acids is 4. The van der Waals surface area contributed by atoms with Crippen LogP contribution < -0.4 is 19.1 Å². The molecule has 2 rings (SSSR count). The number of ether oxygens (including phenoxy) is 3. The molecule has 24 heavy (non-hydrogen) atoms. The lowest BCUT2D eigenvalue weighted by molar-refractivity contribution is -0.129. The van der Waals surface area contributed by atoms with Gasteiger partial charge >= 0.3 is 5.91 Å². The van der Waals surface area contributed by atoms with Crippen molar-refractivity contribution in [2.24, 2.45) is 0 Å². The Kier molecular flexibility index (Phi) is 4.59. The SMILES string of the molecule is COc1cc2c(c(OC)c1OC)C(=O)C(=O)N2C(C(C)=O)C(C)=O. The van der Waals surface area contributed by atoms with Crippen LogP contribution in [0.25, 0.3) is 0 Å². The summed E-state index contributed by atoms with van der Waals surface area (Å²) in [5, 5.41) is 0. The van der Waals surface area contributed by atoms with Gasteiger partial charge in [-0.25, -0.2) is 0 Å². The highest BCUT2D eigenvalue weighted by atomic mass is 16.5. The zero-order valence-electron chi connectivity index (χ0n) is 14.0. The highest BCUT2D eigenvalue weighted by molar-refractivity contribution is 6.54. The van der Waals surface area contributed by atoms with Crippen molar-refractivity contribution in [2.75, 3.05) is 26.2 Å². The minimum absolute atomic E-state index is 0.0126. The minimum Gasteiger partial charge on any atom is -0.493 e. The molecule has 0 saturated heterocycles. The van der Waals surface area contributed by atoms with Gasteiger partial charge in [-0.2, -0.15) is 0 Å². The van der Waals surface area contributed by atoms with E-state index in [1.54, 1.807) is 0 Å². The maximum atomic E-state index is 12.4. The van der Waals surface area contributed by atoms with E-state index in [0.717, 1.165) is 4.90 Å². The van der Waals surface area contributed by atoms with E-state index in [2.05, 4.69) is 0 Å². The van der Waals surface area contributed by atoms with Crippen LogP contribution >= 0.6 is 0 Å². The predicted molar refractivity (Wildman–Crippen MR) is 83.1 cm³/mol. The number of amides is 1. The smallest absolute Gasteiger partial charge is 0.300 e. The molecular weight excluding hydrogens is 318 g/mol. The number of methoxy groups -OCH3 is 3. The van der Waals surface area contributed by atoms with Crippen molar-refractivity contribution >= 4 is 28.9 Å². The lowest BCUT2D eigenvalue weighted by atomic mass is 10.1. The number of fused-ring (bicyclic) bond motifs is 1. The van der Waals surface area contributed by atoms with Gasteiger partial charge in [0.2, 0.25) is 5.75 Å². The largest absolute Gasteiger partial charge is 0.493 e. The second kappa shape index (κ2) is 6.31. The van der Waals surface area contributed by atoms with Gasteiger partial charge in [0.1, 0.15) is 0 Å². The van der Waals surface area contributed by atoms with Crippen LogP contribution in [0.1, 0.15) is 24.2 Å². The molecular formula is C16H17NO7. The Labute approximate surface area is 138 Å². The molecule has 8 heteroatoms. The molecule has 0 radical (unpaired) electrons. The lowest BCUT2D eigenvalue weighted by Gasteiger charge is -2.24. The average Bonchev–Trinajstić information content (AvgIpc) is 2.77. The zero-order chi connectivity index (χ0) is 18.2. The Morgan fingerprint density at radius 3 is 1.92 bits per heavy atom. The first-order chi connectivity index (χ1) is 11.3. The molecule has 0 aliphatic carbocycles. The Bertz CT molecular complexity index is 739. The van der Waals surface area contributed by atoms with Crippen LogP contribution in [0.3, 0.4) is 0 Å². The average molecular weight is 335 g/mol. The lowest BCUT2D eigenvalue weighted by Crippen LogP contribution is -2.47. The summed E-state index contributed by atoms with van der Waals surface area (Å²) in [5.74, 6) is -2.60. The summed E-state index contributed by atoms with van der Waals surface area (Å²) >= 11 is 0. The van der Waals surface area contributed by atoms with Crippen LogP contribution in [-0.4, -0.2) is 50.6 Å². The maximum absolute atomic E-state index is 12.4. The van der Waals surface area contributed by atoms with Crippen LogP contribution in [0.5, 0.6) is 17.2 Å². The summed E-state index contributed by atoms with van der Waals surface area (Å²) in [7, 11) is 4.05. The van der Waals surface area contributed by atoms with Crippen LogP contribution in [0, 0.1) is 0 Å². The third kappa shape index (κ3) is 2.40. The molecule has 1 amide bonds. The summed E-state index contributed by atoms with van der Waals surface area (Å²) in [5.41, 5.74) is 0.0163. The zero-order valence-corrected chi connectivity index (χ0v) is 14.0. The van der Waals surface area contributed by atoms with Crippen molar-refractivity contribution < 1.29 is 33.4 Å². The number of anilines is 1. The molecule has 0 spiro atoms. The third-order valence-corrected chi connectivity index (χ3v) is 3.74. The van der Waals surface area contributed by atoms with Crippen molar-refractivity contribution in [3.8, 4) is 17.2 Å². The van der Waals surface area contributed by atoms with E-state index in [0.29, 0.717) is 0 Å². The summed E-state index contributed by atoms with van der Waals surface area (Å²) in [4.78, 5) is 49.4. The molecule has 8 nitrogen and oxygen atoms in total. The van der Waals surface area contributed by atoms with E-state index < -0.39 is 29.3 Å². The highest BCUT2D eigenvalue weighted by Crippen LogP contribution is 2.48. The molecule has 1 aromatic carbocycles. The van der Waals surface area contributed by atoms with Crippen molar-refractivity contribution in [3.63, 3.8) is 0 Å². The van der Waals surface area contributed by atoms with Gasteiger partial charge in [-0.05, 0) is 13.8 Å². The van der Waals surface area contributed by atoms with Gasteiger partial charge in [0, 0.05) is 6.07 Å². The van der Waals surface area contributed by atoms with E-state index in [-0.39, 0.29) is 28.5 Å². The maximum Gasteiger partial charge on any atom is 0.300 e. The number of carbonyl (C=O) groups is 4. The molecule has 0 N–H and O–H groups in total. The summed E-state index contributed by atoms with van der Waals surface area (Å²) in [6, 6.07) is -0.0104. The summed E-state index contributed by atoms with van der Waals surface area (Å²) in [6.07, 6.45) is 0. The predicted octanol–water partition coefficient (Wildman–Crippen LogP) is 0.788. The van der Waals surface area contributed by atoms with Crippen LogP contribution in [0.2, 0.25) is 0 Å². The van der Waals surface area contributed by atoms with Crippen molar-refractivity contribution in [1.82, 2.24) is 0 Å². The van der Waals surface area contributed by atoms with E-state index >= 15 is 0 Å². The number of hydrogen-bond donors (Lipinski definition) is 0. The Morgan fingerprint density at radius 1 is 0.958 bits per heavy atom.